The van der Waals surface area contributed by atoms with Gasteiger partial charge in [-0.25, -0.2) is 9.97 Å². The van der Waals surface area contributed by atoms with Gasteiger partial charge in [-0.2, -0.15) is 0 Å². The van der Waals surface area contributed by atoms with Gasteiger partial charge in [-0.05, 0) is 18.4 Å². The maximum Gasteiger partial charge on any atom is 0.187 e. The number of benzene rings is 1. The fourth-order valence-electron chi connectivity index (χ4n) is 1.90. The molecule has 0 atom stereocenters. The quantitative estimate of drug-likeness (QED) is 0.518. The number of thioether (sulfide) groups is 1. The van der Waals surface area contributed by atoms with Crippen LogP contribution < -0.4 is 0 Å². The molecule has 0 amide bonds. The van der Waals surface area contributed by atoms with Gasteiger partial charge in [0.25, 0.3) is 0 Å². The van der Waals surface area contributed by atoms with Gasteiger partial charge >= 0.3 is 0 Å². The molecule has 0 spiro atoms. The second-order valence-electron chi connectivity index (χ2n) is 3.81. The smallest absolute Gasteiger partial charge is 0.187 e. The van der Waals surface area contributed by atoms with Crippen molar-refractivity contribution in [3.8, 4) is 11.3 Å². The molecule has 0 unspecified atom stereocenters. The normalized spacial score (nSPS) is 10.7. The second kappa shape index (κ2) is 4.74. The Morgan fingerprint density at radius 1 is 0.944 bits per heavy atom. The Hall–Kier alpha value is -1.94. The van der Waals surface area contributed by atoms with Crippen molar-refractivity contribution in [1.82, 2.24) is 15.0 Å². The molecular weight excluding hydrogens is 242 g/mol. The Morgan fingerprint density at radius 3 is 2.72 bits per heavy atom. The number of rotatable bonds is 2. The summed E-state index contributed by atoms with van der Waals surface area (Å²) in [6.07, 6.45) is 5.57. The summed E-state index contributed by atoms with van der Waals surface area (Å²) in [6, 6.07) is 12.1. The fourth-order valence-corrected chi connectivity index (χ4v) is 2.26. The monoisotopic (exact) mass is 253 g/mol. The van der Waals surface area contributed by atoms with Crippen LogP contribution in [0.4, 0.5) is 0 Å². The van der Waals surface area contributed by atoms with Crippen molar-refractivity contribution in [3.63, 3.8) is 0 Å². The van der Waals surface area contributed by atoms with Gasteiger partial charge in [0.05, 0.1) is 11.2 Å². The molecule has 0 saturated carbocycles. The van der Waals surface area contributed by atoms with Gasteiger partial charge in [-0.1, -0.05) is 36.0 Å². The summed E-state index contributed by atoms with van der Waals surface area (Å²) >= 11 is 1.54. The van der Waals surface area contributed by atoms with Crippen LogP contribution in [0.2, 0.25) is 0 Å². The van der Waals surface area contributed by atoms with E-state index in [1.54, 1.807) is 18.0 Å². The minimum Gasteiger partial charge on any atom is -0.256 e. The van der Waals surface area contributed by atoms with Crippen LogP contribution in [0.25, 0.3) is 22.2 Å². The maximum atomic E-state index is 4.52. The largest absolute Gasteiger partial charge is 0.256 e. The van der Waals surface area contributed by atoms with E-state index in [1.807, 2.05) is 36.7 Å². The molecule has 4 heteroatoms. The summed E-state index contributed by atoms with van der Waals surface area (Å²) in [5.74, 6) is 0. The highest BCUT2D eigenvalue weighted by molar-refractivity contribution is 7.98. The average Bonchev–Trinajstić information content (AvgIpc) is 2.47. The molecule has 0 aliphatic heterocycles. The molecule has 3 aromatic rings. The first-order valence-corrected chi connectivity index (χ1v) is 6.82. The first kappa shape index (κ1) is 11.2. The van der Waals surface area contributed by atoms with Crippen LogP contribution in [0, 0.1) is 0 Å². The standard InChI is InChI=1S/C14H11N3S/c1-18-14-16-9-7-12(17-14)11-6-2-4-10-5-3-8-15-13(10)11/h2-9H,1H3. The second-order valence-corrected chi connectivity index (χ2v) is 4.58. The number of hydrogen-bond donors (Lipinski definition) is 0. The highest BCUT2D eigenvalue weighted by atomic mass is 32.2. The highest BCUT2D eigenvalue weighted by Gasteiger charge is 2.06. The van der Waals surface area contributed by atoms with E-state index in [4.69, 9.17) is 0 Å². The number of nitrogens with zero attached hydrogens (tertiary/aromatic N) is 3. The van der Waals surface area contributed by atoms with E-state index < -0.39 is 0 Å². The average molecular weight is 253 g/mol. The van der Waals surface area contributed by atoms with Crippen LogP contribution in [0.15, 0.2) is 53.9 Å². The predicted octanol–water partition coefficient (Wildman–Crippen LogP) is 3.41. The van der Waals surface area contributed by atoms with Gasteiger partial charge in [-0.3, -0.25) is 4.98 Å². The van der Waals surface area contributed by atoms with Crippen LogP contribution in [-0.2, 0) is 0 Å². The summed E-state index contributed by atoms with van der Waals surface area (Å²) in [5, 5.41) is 1.90. The number of para-hydroxylation sites is 1. The first-order chi connectivity index (χ1) is 8.88. The zero-order valence-electron chi connectivity index (χ0n) is 9.87. The number of aromatic nitrogens is 3. The van der Waals surface area contributed by atoms with Crippen molar-refractivity contribution in [2.24, 2.45) is 0 Å². The van der Waals surface area contributed by atoms with Crippen molar-refractivity contribution < 1.29 is 0 Å². The maximum absolute atomic E-state index is 4.52. The molecule has 0 saturated heterocycles. The first-order valence-electron chi connectivity index (χ1n) is 5.59. The molecule has 0 radical (unpaired) electrons. The van der Waals surface area contributed by atoms with Crippen LogP contribution in [-0.4, -0.2) is 21.2 Å². The summed E-state index contributed by atoms with van der Waals surface area (Å²) in [4.78, 5) is 13.2. The van der Waals surface area contributed by atoms with Gasteiger partial charge in [0.15, 0.2) is 5.16 Å². The van der Waals surface area contributed by atoms with Gasteiger partial charge in [0, 0.05) is 23.3 Å². The summed E-state index contributed by atoms with van der Waals surface area (Å²) < 4.78 is 0. The van der Waals surface area contributed by atoms with E-state index in [1.165, 1.54) is 0 Å². The van der Waals surface area contributed by atoms with Crippen LogP contribution in [0.1, 0.15) is 0 Å². The van der Waals surface area contributed by atoms with E-state index in [0.717, 1.165) is 27.3 Å². The van der Waals surface area contributed by atoms with E-state index in [0.29, 0.717) is 0 Å². The lowest BCUT2D eigenvalue weighted by molar-refractivity contribution is 0.977. The number of hydrogen-bond acceptors (Lipinski definition) is 4. The predicted molar refractivity (Wildman–Crippen MR) is 74.6 cm³/mol. The summed E-state index contributed by atoms with van der Waals surface area (Å²) in [5.41, 5.74) is 2.94. The van der Waals surface area contributed by atoms with Crippen LogP contribution in [0.5, 0.6) is 0 Å². The Kier molecular flexibility index (Phi) is 2.94. The van der Waals surface area contributed by atoms with Gasteiger partial charge in [-0.15, -0.1) is 0 Å². The van der Waals surface area contributed by atoms with Crippen molar-refractivity contribution in [3.05, 3.63) is 48.8 Å². The Labute approximate surface area is 109 Å². The van der Waals surface area contributed by atoms with Crippen molar-refractivity contribution in [1.29, 1.82) is 0 Å². The summed E-state index contributed by atoms with van der Waals surface area (Å²) in [6.45, 7) is 0. The molecule has 0 aliphatic rings. The topological polar surface area (TPSA) is 38.7 Å². The number of pyridine rings is 1. The molecule has 88 valence electrons. The third-order valence-corrected chi connectivity index (χ3v) is 3.29. The fraction of sp³-hybridized carbons (Fsp3) is 0.0714. The SMILES string of the molecule is CSc1nccc(-c2cccc3cccnc23)n1. The summed E-state index contributed by atoms with van der Waals surface area (Å²) in [7, 11) is 0. The molecule has 0 aliphatic carbocycles. The Balaban J connectivity index is 2.24. The molecule has 0 bridgehead atoms. The van der Waals surface area contributed by atoms with Gasteiger partial charge < -0.3 is 0 Å². The molecule has 3 rings (SSSR count). The van der Waals surface area contributed by atoms with E-state index in [9.17, 15) is 0 Å². The lowest BCUT2D eigenvalue weighted by Crippen LogP contribution is -1.91. The van der Waals surface area contributed by atoms with Crippen LogP contribution in [0.3, 0.4) is 0 Å². The minimum atomic E-state index is 0.778. The lowest BCUT2D eigenvalue weighted by atomic mass is 10.1. The minimum absolute atomic E-state index is 0.778. The zero-order valence-corrected chi connectivity index (χ0v) is 10.7. The molecule has 0 N–H and O–H groups in total. The van der Waals surface area contributed by atoms with E-state index >= 15 is 0 Å². The van der Waals surface area contributed by atoms with Gasteiger partial charge in [0.1, 0.15) is 0 Å². The molecule has 18 heavy (non-hydrogen) atoms. The highest BCUT2D eigenvalue weighted by Crippen LogP contribution is 2.26. The third kappa shape index (κ3) is 1.95. The molecule has 3 nitrogen and oxygen atoms in total. The molecular formula is C14H11N3S. The molecule has 2 heterocycles. The number of fused-ring (bicyclic) bond motifs is 1. The molecule has 1 aromatic carbocycles. The van der Waals surface area contributed by atoms with Crippen molar-refractivity contribution in [2.75, 3.05) is 6.26 Å². The Bertz CT molecular complexity index is 692. The molecule has 2 aromatic heterocycles. The van der Waals surface area contributed by atoms with Gasteiger partial charge in [0.2, 0.25) is 0 Å². The molecule has 0 fully saturated rings. The van der Waals surface area contributed by atoms with Crippen molar-refractivity contribution >= 4 is 22.7 Å². The third-order valence-electron chi connectivity index (χ3n) is 2.72. The van der Waals surface area contributed by atoms with E-state index in [-0.39, 0.29) is 0 Å². The van der Waals surface area contributed by atoms with Crippen molar-refractivity contribution in [2.45, 2.75) is 5.16 Å². The zero-order chi connectivity index (χ0) is 12.4. The van der Waals surface area contributed by atoms with Crippen LogP contribution >= 0.6 is 11.8 Å². The Morgan fingerprint density at radius 2 is 1.83 bits per heavy atom. The lowest BCUT2D eigenvalue weighted by Gasteiger charge is -2.05. The van der Waals surface area contributed by atoms with E-state index in [2.05, 4.69) is 27.1 Å².